The Balaban J connectivity index is 0.000000162. The molecule has 0 aliphatic heterocycles. The van der Waals surface area contributed by atoms with Gasteiger partial charge in [0.2, 0.25) is 0 Å². The average Bonchev–Trinajstić information content (AvgIpc) is 1.58. The van der Waals surface area contributed by atoms with Crippen LogP contribution in [0, 0.1) is 53.6 Å². The Labute approximate surface area is 758 Å². The summed E-state index contributed by atoms with van der Waals surface area (Å²) in [7, 11) is 0. The quantitative estimate of drug-likeness (QED) is 0.0979. The van der Waals surface area contributed by atoms with Crippen LogP contribution in [0.1, 0.15) is 36.5 Å². The number of benzene rings is 9. The summed E-state index contributed by atoms with van der Waals surface area (Å²) in [5, 5.41) is 35.5. The van der Waals surface area contributed by atoms with Crippen LogP contribution in [-0.2, 0) is 118 Å². The Morgan fingerprint density at radius 2 is 0.943 bits per heavy atom. The number of furan rings is 1. The number of pyridine rings is 2. The van der Waals surface area contributed by atoms with Crippen molar-refractivity contribution in [1.29, 1.82) is 0 Å². The largest absolute Gasteiger partial charge is 0.573 e. The molecule has 0 fully saturated rings. The summed E-state index contributed by atoms with van der Waals surface area (Å²) in [5.41, 5.74) is 14.5. The van der Waals surface area contributed by atoms with Crippen molar-refractivity contribution >= 4 is 21.9 Å². The fourth-order valence-electron chi connectivity index (χ4n) is 12.1. The van der Waals surface area contributed by atoms with Crippen LogP contribution < -0.4 is 10.2 Å². The average molecular weight is 2530 g/mol. The van der Waals surface area contributed by atoms with Crippen LogP contribution in [0.5, 0.6) is 0 Å². The van der Waals surface area contributed by atoms with Gasteiger partial charge in [-0.25, -0.2) is 0 Å². The molecule has 0 saturated carbocycles. The summed E-state index contributed by atoms with van der Waals surface area (Å²) in [6.07, 6.45) is 11.3. The number of hydrogen-bond donors (Lipinski definition) is 0. The molecule has 20 rings (SSSR count). The van der Waals surface area contributed by atoms with Crippen LogP contribution in [0.25, 0.3) is 107 Å². The number of halogens is 10. The van der Waals surface area contributed by atoms with Crippen LogP contribution in [-0.4, -0.2) is 74.1 Å². The van der Waals surface area contributed by atoms with Crippen molar-refractivity contribution in [2.75, 3.05) is 0 Å². The van der Waals surface area contributed by atoms with Crippen molar-refractivity contribution < 1.29 is 149 Å². The molecule has 0 unspecified atom stereocenters. The third kappa shape index (κ3) is 23.0. The van der Waals surface area contributed by atoms with Crippen LogP contribution in [0.4, 0.5) is 43.9 Å². The van der Waals surface area contributed by atoms with E-state index in [9.17, 15) is 43.9 Å². The summed E-state index contributed by atoms with van der Waals surface area (Å²) >= 11 is 0. The molecule has 19 aromatic rings. The fraction of sp³-hybridized carbons (Fsp3) is 0.0562. The molecular weight excluding hydrogens is 2470 g/mol. The Morgan fingerprint density at radius 1 is 0.402 bits per heavy atom. The maximum Gasteiger partial charge on any atom is 0.431 e. The minimum absolute atomic E-state index is 0. The van der Waals surface area contributed by atoms with E-state index in [4.69, 9.17) is 4.42 Å². The third-order valence-electron chi connectivity index (χ3n) is 17.6. The molecule has 0 atom stereocenters. The molecule has 0 spiro atoms. The molecule has 0 amide bonds. The Morgan fingerprint density at radius 3 is 1.48 bits per heavy atom. The predicted molar refractivity (Wildman–Crippen MR) is 417 cm³/mol. The number of rotatable bonds is 9. The topological polar surface area (TPSA) is 195 Å². The van der Waals surface area contributed by atoms with Gasteiger partial charge in [-0.2, -0.15) is 112 Å². The van der Waals surface area contributed by atoms with Gasteiger partial charge in [-0.05, 0) is 117 Å². The molecule has 5 radical (unpaired) electrons. The molecule has 1 aliphatic carbocycles. The number of fused-ring (bicyclic) bond motifs is 6. The van der Waals surface area contributed by atoms with Gasteiger partial charge >= 0.3 is 12.4 Å². The van der Waals surface area contributed by atoms with Crippen LogP contribution in [0.15, 0.2) is 321 Å². The SMILES string of the molecule is CC1(C)c2c[c-]c(-n3cccn3)cc2-c2ccccc21.FC(F)(F)c1cc(-c2ccccn2)[n-]n1.FC(F)(F)c1n[n-]c(-c2ccccn2)n1.Fc1c[c-]c(-n2cccn2)c(F)c1.Fc1c[c-]c(-n2cccn2)c(F)c1.[Ir].[Ir].[Ir].[Ir].[Ir].[c-]1cc(-c2ccccc2)ccc1-n1cc(-c2ccccc2)cn1.[c-]1ccc2c(oc3ccccc32)c1-n1cccn1. The maximum absolute atomic E-state index is 13.1. The fourth-order valence-corrected chi connectivity index (χ4v) is 12.1. The molecule has 122 heavy (non-hydrogen) atoms. The number of aromatic nitrogens is 17. The molecular formula is C89H58F10Ir5N17O-7. The zero-order valence-corrected chi connectivity index (χ0v) is 75.0. The molecule has 10 aromatic heterocycles. The van der Waals surface area contributed by atoms with Gasteiger partial charge in [0, 0.05) is 214 Å². The Kier molecular flexibility index (Phi) is 33.1. The summed E-state index contributed by atoms with van der Waals surface area (Å²) in [5.74, 6) is -4.01. The molecule has 33 heteroatoms. The zero-order chi connectivity index (χ0) is 81.5. The van der Waals surface area contributed by atoms with Crippen molar-refractivity contribution in [2.45, 2.75) is 31.6 Å². The van der Waals surface area contributed by atoms with E-state index in [1.807, 2.05) is 125 Å². The first kappa shape index (κ1) is 93.9. The Hall–Kier alpha value is -12.0. The van der Waals surface area contributed by atoms with Gasteiger partial charge in [-0.15, -0.1) is 53.1 Å². The first-order valence-electron chi connectivity index (χ1n) is 35.4. The van der Waals surface area contributed by atoms with Gasteiger partial charge < -0.3 is 24.7 Å². The second kappa shape index (κ2) is 43.0. The predicted octanol–water partition coefficient (Wildman–Crippen LogP) is 20.1. The van der Waals surface area contributed by atoms with Gasteiger partial charge in [-0.3, -0.25) is 56.0 Å². The Bertz CT molecular complexity index is 6230. The standard InChI is InChI=1S/C21H15N2.C18H15N2.C15H9N2O.C9H5F3N3.2C9H5F2N2.C8H4F3N4.5Ir/c1-3-7-17(8-4-1)19-11-13-21(14-12-19)23-16-20(15-22-23)18-9-5-2-6-10-18;1-18(2)16-7-4-3-6-14(16)15-12-13(8-9-17(15)18)20-11-5-10-19-20;1-2-8-14-11(5-1)12-6-3-7-13(15(12)18-14)17-10-4-9-16-17;10-9(11,12)8-5-7(14-15-8)6-3-1-2-4-13-6;2*10-7-2-3-9(8(11)6-7)13-5-1-4-12-13;9-8(10,11)7-13-6(14-15-7)5-3-1-2-4-12-5;;;;;/h1-13,15-16H;3-7,9-12H,1-2H3;1-6,8-10H;1-5H;2*1-2,4-6H;1-4H;;;;;/q7*-1;;;;;. The van der Waals surface area contributed by atoms with Crippen LogP contribution in [0.3, 0.4) is 0 Å². The number of nitrogens with zero attached hydrogens (tertiary/aromatic N) is 17. The molecule has 9 aromatic carbocycles. The van der Waals surface area contributed by atoms with Gasteiger partial charge in [0.05, 0.1) is 11.9 Å². The van der Waals surface area contributed by atoms with E-state index in [-0.39, 0.29) is 135 Å². The van der Waals surface area contributed by atoms with E-state index in [1.165, 1.54) is 73.6 Å². The van der Waals surface area contributed by atoms with E-state index in [0.29, 0.717) is 5.69 Å². The first-order chi connectivity index (χ1) is 56.7. The molecule has 18 nitrogen and oxygen atoms in total. The second-order valence-electron chi connectivity index (χ2n) is 25.7. The molecule has 627 valence electrons. The molecule has 0 saturated heterocycles. The van der Waals surface area contributed by atoms with E-state index in [0.717, 1.165) is 80.5 Å². The number of para-hydroxylation sites is 1. The maximum atomic E-state index is 13.1. The minimum atomic E-state index is -4.57. The van der Waals surface area contributed by atoms with E-state index in [1.54, 1.807) is 71.9 Å². The molecule has 0 bridgehead atoms. The van der Waals surface area contributed by atoms with Crippen LogP contribution >= 0.6 is 0 Å². The van der Waals surface area contributed by atoms with Crippen molar-refractivity contribution in [3.05, 3.63) is 393 Å². The van der Waals surface area contributed by atoms with Crippen molar-refractivity contribution in [3.63, 3.8) is 0 Å². The number of alkyl halides is 6. The van der Waals surface area contributed by atoms with Gasteiger partial charge in [0.15, 0.2) is 0 Å². The summed E-state index contributed by atoms with van der Waals surface area (Å²) in [6, 6.07) is 87.9. The van der Waals surface area contributed by atoms with Crippen molar-refractivity contribution in [2.24, 2.45) is 0 Å². The van der Waals surface area contributed by atoms with Crippen molar-refractivity contribution in [3.8, 4) is 84.7 Å². The van der Waals surface area contributed by atoms with Gasteiger partial charge in [0.1, 0.15) is 17.1 Å². The summed E-state index contributed by atoms with van der Waals surface area (Å²) in [6.45, 7) is 4.55. The van der Waals surface area contributed by atoms with E-state index < -0.39 is 47.1 Å². The third-order valence-corrected chi connectivity index (χ3v) is 17.6. The summed E-state index contributed by atoms with van der Waals surface area (Å²) in [4.78, 5) is 10.9. The van der Waals surface area contributed by atoms with Gasteiger partial charge in [0.25, 0.3) is 0 Å². The van der Waals surface area contributed by atoms with E-state index >= 15 is 0 Å². The smallest absolute Gasteiger partial charge is 0.431 e. The molecule has 0 N–H and O–H groups in total. The van der Waals surface area contributed by atoms with E-state index in [2.05, 4.69) is 178 Å². The van der Waals surface area contributed by atoms with Gasteiger partial charge in [-0.1, -0.05) is 146 Å². The first-order valence-corrected chi connectivity index (χ1v) is 35.4. The number of hydrogen-bond acceptors (Lipinski definition) is 11. The molecule has 1 aliphatic rings. The second-order valence-corrected chi connectivity index (χ2v) is 25.7. The monoisotopic (exact) mass is 2540 g/mol. The minimum Gasteiger partial charge on any atom is -0.573 e. The summed E-state index contributed by atoms with van der Waals surface area (Å²) < 4.78 is 138. The molecule has 10 heterocycles. The van der Waals surface area contributed by atoms with Crippen molar-refractivity contribution in [1.82, 2.24) is 84.2 Å². The van der Waals surface area contributed by atoms with Crippen LogP contribution in [0.2, 0.25) is 0 Å². The zero-order valence-electron chi connectivity index (χ0n) is 63.0. The normalized spacial score (nSPS) is 11.2.